The predicted molar refractivity (Wildman–Crippen MR) is 135 cm³/mol. The van der Waals surface area contributed by atoms with Crippen molar-refractivity contribution in [2.75, 3.05) is 20.7 Å². The van der Waals surface area contributed by atoms with Gasteiger partial charge in [0.25, 0.3) is 5.89 Å². The maximum Gasteiger partial charge on any atom is 0.317 e. The minimum atomic E-state index is -0.849. The Kier molecular flexibility index (Phi) is 7.39. The van der Waals surface area contributed by atoms with Crippen molar-refractivity contribution in [1.82, 2.24) is 15.0 Å². The van der Waals surface area contributed by atoms with Crippen LogP contribution in [0.4, 0.5) is 0 Å². The molecule has 0 aliphatic rings. The van der Waals surface area contributed by atoms with Gasteiger partial charge in [0, 0.05) is 24.8 Å². The topological polar surface area (TPSA) is 88.7 Å². The Morgan fingerprint density at radius 1 is 1.06 bits per heavy atom. The maximum atomic E-state index is 10.9. The minimum Gasteiger partial charge on any atom is -0.480 e. The number of rotatable bonds is 9. The highest BCUT2D eigenvalue weighted by Gasteiger charge is 2.17. The fourth-order valence-electron chi connectivity index (χ4n) is 4.10. The Hall–Kier alpha value is -3.81. The first-order valence-corrected chi connectivity index (χ1v) is 11.4. The lowest BCUT2D eigenvalue weighted by atomic mass is 9.92. The van der Waals surface area contributed by atoms with Crippen molar-refractivity contribution in [1.29, 1.82) is 0 Å². The number of benzene rings is 3. The summed E-state index contributed by atoms with van der Waals surface area (Å²) in [6.07, 6.45) is -0.112. The molecule has 180 valence electrons. The number of likely N-dealkylation sites (N-methyl/N-ethyl adjacent to an activating group) is 1. The number of carboxylic acids is 1. The molecule has 0 fully saturated rings. The number of aryl methyl sites for hydroxylation is 1. The van der Waals surface area contributed by atoms with Gasteiger partial charge in [0.05, 0.1) is 12.6 Å². The summed E-state index contributed by atoms with van der Waals surface area (Å²) in [7, 11) is 3.48. The van der Waals surface area contributed by atoms with E-state index in [1.807, 2.05) is 49.4 Å². The van der Waals surface area contributed by atoms with E-state index >= 15 is 0 Å². The lowest BCUT2D eigenvalue weighted by Crippen LogP contribution is -2.25. The molecule has 1 N–H and O–H groups in total. The molecule has 0 radical (unpaired) electrons. The zero-order chi connectivity index (χ0) is 24.9. The van der Waals surface area contributed by atoms with E-state index in [9.17, 15) is 4.79 Å². The normalized spacial score (nSPS) is 12.1. The molecule has 0 bridgehead atoms. The third kappa shape index (κ3) is 5.65. The maximum absolute atomic E-state index is 10.9. The highest BCUT2D eigenvalue weighted by Crippen LogP contribution is 2.35. The number of methoxy groups -OCH3 is 1. The Morgan fingerprint density at radius 3 is 2.46 bits per heavy atom. The summed E-state index contributed by atoms with van der Waals surface area (Å²) >= 11 is 0. The summed E-state index contributed by atoms with van der Waals surface area (Å²) in [5.41, 5.74) is 7.18. The zero-order valence-corrected chi connectivity index (χ0v) is 20.4. The van der Waals surface area contributed by atoms with E-state index in [1.54, 1.807) is 19.1 Å². The van der Waals surface area contributed by atoms with Gasteiger partial charge in [0.15, 0.2) is 0 Å². The van der Waals surface area contributed by atoms with E-state index in [4.69, 9.17) is 14.4 Å². The van der Waals surface area contributed by atoms with Gasteiger partial charge < -0.3 is 14.4 Å². The molecule has 1 heterocycles. The molecular weight excluding hydrogens is 442 g/mol. The molecule has 4 aromatic rings. The molecule has 7 nitrogen and oxygen atoms in total. The molecule has 7 heteroatoms. The molecule has 4 rings (SSSR count). The SMILES string of the molecule is COC(C)c1cc(-c2nc(-c3ccc(CN(C)CC(=O)O)cc3)no2)ccc1-c1ccccc1C. The molecule has 0 aliphatic carbocycles. The smallest absolute Gasteiger partial charge is 0.317 e. The Balaban J connectivity index is 1.59. The van der Waals surface area contributed by atoms with Gasteiger partial charge in [0.1, 0.15) is 0 Å². The van der Waals surface area contributed by atoms with Crippen molar-refractivity contribution < 1.29 is 19.2 Å². The molecule has 0 aliphatic heterocycles. The Morgan fingerprint density at radius 2 is 1.77 bits per heavy atom. The molecule has 1 atom stereocenters. The van der Waals surface area contributed by atoms with E-state index in [2.05, 4.69) is 41.3 Å². The van der Waals surface area contributed by atoms with Crippen LogP contribution in [-0.4, -0.2) is 46.8 Å². The molecule has 0 amide bonds. The summed E-state index contributed by atoms with van der Waals surface area (Å²) in [6, 6.07) is 22.1. The van der Waals surface area contributed by atoms with Gasteiger partial charge >= 0.3 is 5.97 Å². The van der Waals surface area contributed by atoms with Gasteiger partial charge in [-0.1, -0.05) is 59.8 Å². The average Bonchev–Trinajstić information content (AvgIpc) is 3.34. The lowest BCUT2D eigenvalue weighted by Gasteiger charge is -2.17. The van der Waals surface area contributed by atoms with E-state index in [1.165, 1.54) is 11.1 Å². The van der Waals surface area contributed by atoms with Crippen molar-refractivity contribution in [2.24, 2.45) is 0 Å². The standard InChI is InChI=1S/C28H29N3O4/c1-18-7-5-6-8-23(18)24-14-13-22(15-25(24)19(2)34-4)28-29-27(30-35-28)21-11-9-20(10-12-21)16-31(3)17-26(32)33/h5-15,19H,16-17H2,1-4H3,(H,32,33). The first-order chi connectivity index (χ1) is 16.9. The molecule has 1 unspecified atom stereocenters. The fraction of sp³-hybridized carbons (Fsp3) is 0.250. The van der Waals surface area contributed by atoms with Gasteiger partial charge in [-0.2, -0.15) is 4.98 Å². The molecule has 0 saturated heterocycles. The van der Waals surface area contributed by atoms with Gasteiger partial charge in [-0.15, -0.1) is 0 Å². The summed E-state index contributed by atoms with van der Waals surface area (Å²) in [4.78, 5) is 17.2. The third-order valence-electron chi connectivity index (χ3n) is 6.02. The number of aromatic nitrogens is 2. The Labute approximate surface area is 205 Å². The number of carbonyl (C=O) groups is 1. The van der Waals surface area contributed by atoms with Gasteiger partial charge in [-0.25, -0.2) is 0 Å². The van der Waals surface area contributed by atoms with Gasteiger partial charge in [-0.3, -0.25) is 9.69 Å². The number of hydrogen-bond donors (Lipinski definition) is 1. The molecule has 3 aromatic carbocycles. The summed E-state index contributed by atoms with van der Waals surface area (Å²) in [5.74, 6) is 0.0827. The molecule has 0 spiro atoms. The predicted octanol–water partition coefficient (Wildman–Crippen LogP) is 5.60. The van der Waals surface area contributed by atoms with Crippen LogP contribution in [0.1, 0.15) is 29.7 Å². The van der Waals surface area contributed by atoms with Crippen molar-refractivity contribution in [2.45, 2.75) is 26.5 Å². The van der Waals surface area contributed by atoms with Crippen molar-refractivity contribution >= 4 is 5.97 Å². The number of hydrogen-bond acceptors (Lipinski definition) is 6. The first kappa shape index (κ1) is 24.3. The van der Waals surface area contributed by atoms with E-state index in [-0.39, 0.29) is 12.6 Å². The van der Waals surface area contributed by atoms with Crippen LogP contribution in [-0.2, 0) is 16.1 Å². The zero-order valence-electron chi connectivity index (χ0n) is 20.4. The molecule has 1 aromatic heterocycles. The van der Waals surface area contributed by atoms with Crippen LogP contribution in [0.3, 0.4) is 0 Å². The highest BCUT2D eigenvalue weighted by molar-refractivity contribution is 5.74. The third-order valence-corrected chi connectivity index (χ3v) is 6.02. The van der Waals surface area contributed by atoms with Crippen LogP contribution in [0.25, 0.3) is 34.0 Å². The van der Waals surface area contributed by atoms with Crippen LogP contribution in [0.5, 0.6) is 0 Å². The monoisotopic (exact) mass is 471 g/mol. The largest absolute Gasteiger partial charge is 0.480 e. The summed E-state index contributed by atoms with van der Waals surface area (Å²) in [5, 5.41) is 13.1. The number of aliphatic carboxylic acids is 1. The second-order valence-electron chi connectivity index (χ2n) is 8.68. The van der Waals surface area contributed by atoms with Crippen molar-refractivity contribution in [3.63, 3.8) is 0 Å². The summed E-state index contributed by atoms with van der Waals surface area (Å²) in [6.45, 7) is 4.65. The minimum absolute atomic E-state index is 0.0116. The van der Waals surface area contributed by atoms with Crippen LogP contribution in [0, 0.1) is 6.92 Å². The van der Waals surface area contributed by atoms with Crippen molar-refractivity contribution in [3.8, 4) is 34.0 Å². The van der Waals surface area contributed by atoms with E-state index < -0.39 is 5.97 Å². The van der Waals surface area contributed by atoms with Gasteiger partial charge in [0.2, 0.25) is 5.82 Å². The molecule has 35 heavy (non-hydrogen) atoms. The van der Waals surface area contributed by atoms with Gasteiger partial charge in [-0.05, 0) is 60.8 Å². The number of ether oxygens (including phenoxy) is 1. The summed E-state index contributed by atoms with van der Waals surface area (Å²) < 4.78 is 11.3. The second-order valence-corrected chi connectivity index (χ2v) is 8.68. The number of nitrogens with zero attached hydrogens (tertiary/aromatic N) is 3. The highest BCUT2D eigenvalue weighted by atomic mass is 16.5. The molecule has 0 saturated carbocycles. The van der Waals surface area contributed by atoms with E-state index in [0.29, 0.717) is 18.3 Å². The first-order valence-electron chi connectivity index (χ1n) is 11.4. The van der Waals surface area contributed by atoms with Crippen LogP contribution in [0.2, 0.25) is 0 Å². The van der Waals surface area contributed by atoms with Crippen LogP contribution >= 0.6 is 0 Å². The Bertz CT molecular complexity index is 1310. The van der Waals surface area contributed by atoms with Crippen molar-refractivity contribution in [3.05, 3.63) is 83.4 Å². The quantitative estimate of drug-likeness (QED) is 0.340. The average molecular weight is 472 g/mol. The van der Waals surface area contributed by atoms with Crippen LogP contribution in [0.15, 0.2) is 71.3 Å². The second kappa shape index (κ2) is 10.6. The lowest BCUT2D eigenvalue weighted by molar-refractivity contribution is -0.138. The van der Waals surface area contributed by atoms with Crippen LogP contribution < -0.4 is 0 Å². The molecular formula is C28H29N3O4. The fourth-order valence-corrected chi connectivity index (χ4v) is 4.10. The number of carboxylic acid groups (broad SMARTS) is 1. The van der Waals surface area contributed by atoms with E-state index in [0.717, 1.165) is 27.8 Å².